The highest BCUT2D eigenvalue weighted by Gasteiger charge is 2.43. The van der Waals surface area contributed by atoms with E-state index >= 15 is 0 Å². The fraction of sp³-hybridized carbons (Fsp3) is 0.385. The molecular formula is C26H29NO4. The smallest absolute Gasteiger partial charge is 0.246 e. The zero-order valence-electron chi connectivity index (χ0n) is 18.4. The Morgan fingerprint density at radius 2 is 1.84 bits per heavy atom. The van der Waals surface area contributed by atoms with Crippen LogP contribution in [0.15, 0.2) is 48.5 Å². The van der Waals surface area contributed by atoms with Gasteiger partial charge < -0.3 is 14.4 Å². The van der Waals surface area contributed by atoms with Crippen LogP contribution < -0.4 is 9.47 Å². The van der Waals surface area contributed by atoms with Gasteiger partial charge in [0.2, 0.25) is 5.91 Å². The average Bonchev–Trinajstić information content (AvgIpc) is 2.78. The highest BCUT2D eigenvalue weighted by Crippen LogP contribution is 2.40. The third-order valence-corrected chi connectivity index (χ3v) is 6.30. The maximum Gasteiger partial charge on any atom is 0.246 e. The van der Waals surface area contributed by atoms with Crippen LogP contribution in [0, 0.1) is 0 Å². The topological polar surface area (TPSA) is 55.8 Å². The molecule has 162 valence electrons. The summed E-state index contributed by atoms with van der Waals surface area (Å²) in [7, 11) is 1.58. The van der Waals surface area contributed by atoms with Gasteiger partial charge in [-0.15, -0.1) is 0 Å². The zero-order valence-corrected chi connectivity index (χ0v) is 18.4. The molecule has 2 aromatic carbocycles. The maximum atomic E-state index is 12.7. The number of likely N-dealkylation sites (tertiary alicyclic amines) is 1. The van der Waals surface area contributed by atoms with E-state index in [-0.39, 0.29) is 11.7 Å². The Hall–Kier alpha value is -3.08. The molecule has 0 unspecified atom stereocenters. The Balaban J connectivity index is 1.38. The second-order valence-corrected chi connectivity index (χ2v) is 8.73. The van der Waals surface area contributed by atoms with Crippen LogP contribution in [-0.2, 0) is 4.79 Å². The third-order valence-electron chi connectivity index (χ3n) is 6.30. The van der Waals surface area contributed by atoms with Crippen LogP contribution in [0.5, 0.6) is 11.5 Å². The van der Waals surface area contributed by atoms with Crippen molar-refractivity contribution in [3.63, 3.8) is 0 Å². The van der Waals surface area contributed by atoms with Crippen LogP contribution in [0.25, 0.3) is 6.08 Å². The Bertz CT molecular complexity index is 999. The van der Waals surface area contributed by atoms with Gasteiger partial charge in [-0.1, -0.05) is 38.1 Å². The highest BCUT2D eigenvalue weighted by molar-refractivity contribution is 6.00. The van der Waals surface area contributed by atoms with Crippen molar-refractivity contribution in [1.29, 1.82) is 0 Å². The van der Waals surface area contributed by atoms with Gasteiger partial charge in [0, 0.05) is 32.0 Å². The molecule has 0 atom stereocenters. The second kappa shape index (κ2) is 8.58. The number of ether oxygens (including phenoxy) is 2. The van der Waals surface area contributed by atoms with E-state index in [0.717, 1.165) is 5.56 Å². The average molecular weight is 420 g/mol. The fourth-order valence-electron chi connectivity index (χ4n) is 4.28. The minimum absolute atomic E-state index is 0.00458. The molecular weight excluding hydrogens is 390 g/mol. The molecule has 0 radical (unpaired) electrons. The predicted octanol–water partition coefficient (Wildman–Crippen LogP) is 4.86. The van der Waals surface area contributed by atoms with E-state index in [1.54, 1.807) is 25.3 Å². The van der Waals surface area contributed by atoms with E-state index in [2.05, 4.69) is 26.0 Å². The first-order chi connectivity index (χ1) is 14.9. The van der Waals surface area contributed by atoms with Crippen molar-refractivity contribution in [2.45, 2.75) is 44.6 Å². The first-order valence-electron chi connectivity index (χ1n) is 10.9. The summed E-state index contributed by atoms with van der Waals surface area (Å²) in [6, 6.07) is 13.6. The molecule has 1 saturated heterocycles. The van der Waals surface area contributed by atoms with Gasteiger partial charge in [-0.2, -0.15) is 0 Å². The molecule has 0 saturated carbocycles. The molecule has 5 heteroatoms. The summed E-state index contributed by atoms with van der Waals surface area (Å²) in [6.07, 6.45) is 5.13. The van der Waals surface area contributed by atoms with Gasteiger partial charge in [-0.25, -0.2) is 0 Å². The monoisotopic (exact) mass is 419 g/mol. The lowest BCUT2D eigenvalue weighted by molar-refractivity contribution is -0.129. The maximum absolute atomic E-state index is 12.7. The SMILES string of the molecule is COc1ccc2c(c1)C(=O)CC1(CCN(C(=O)/C=C/c3ccc(C(C)C)cc3)CC1)O2. The van der Waals surface area contributed by atoms with Gasteiger partial charge in [0.15, 0.2) is 5.78 Å². The summed E-state index contributed by atoms with van der Waals surface area (Å²) in [4.78, 5) is 27.2. The number of hydrogen-bond acceptors (Lipinski definition) is 4. The number of fused-ring (bicyclic) bond motifs is 1. The van der Waals surface area contributed by atoms with Crippen LogP contribution >= 0.6 is 0 Å². The minimum atomic E-state index is -0.522. The number of piperidine rings is 1. The summed E-state index contributed by atoms with van der Waals surface area (Å²) in [5, 5.41) is 0. The molecule has 0 aliphatic carbocycles. The zero-order chi connectivity index (χ0) is 22.0. The first-order valence-corrected chi connectivity index (χ1v) is 10.9. The number of benzene rings is 2. The Morgan fingerprint density at radius 3 is 2.48 bits per heavy atom. The summed E-state index contributed by atoms with van der Waals surface area (Å²) in [5.74, 6) is 1.82. The molecule has 31 heavy (non-hydrogen) atoms. The van der Waals surface area contributed by atoms with Gasteiger partial charge in [0.25, 0.3) is 0 Å². The molecule has 0 aromatic heterocycles. The number of nitrogens with zero attached hydrogens (tertiary/aromatic N) is 1. The number of carbonyl (C=O) groups excluding carboxylic acids is 2. The van der Waals surface area contributed by atoms with Crippen LogP contribution in [-0.4, -0.2) is 42.4 Å². The number of rotatable bonds is 4. The molecule has 2 aliphatic heterocycles. The van der Waals surface area contributed by atoms with Gasteiger partial charge in [-0.3, -0.25) is 9.59 Å². The number of amides is 1. The summed E-state index contributed by atoms with van der Waals surface area (Å²) in [6.45, 7) is 5.48. The van der Waals surface area contributed by atoms with E-state index in [1.807, 2.05) is 29.2 Å². The molecule has 1 amide bonds. The predicted molar refractivity (Wildman–Crippen MR) is 121 cm³/mol. The van der Waals surface area contributed by atoms with E-state index in [9.17, 15) is 9.59 Å². The second-order valence-electron chi connectivity index (χ2n) is 8.73. The number of carbonyl (C=O) groups is 2. The molecule has 5 nitrogen and oxygen atoms in total. The quantitative estimate of drug-likeness (QED) is 0.664. The molecule has 4 rings (SSSR count). The van der Waals surface area contributed by atoms with Crippen molar-refractivity contribution in [2.24, 2.45) is 0 Å². The van der Waals surface area contributed by atoms with Gasteiger partial charge in [0.1, 0.15) is 17.1 Å². The van der Waals surface area contributed by atoms with E-state index in [1.165, 1.54) is 5.56 Å². The Kier molecular flexibility index (Phi) is 5.86. The van der Waals surface area contributed by atoms with Crippen LogP contribution in [0.1, 0.15) is 60.5 Å². The highest BCUT2D eigenvalue weighted by atomic mass is 16.5. The van der Waals surface area contributed by atoms with Crippen molar-refractivity contribution >= 4 is 17.8 Å². The van der Waals surface area contributed by atoms with Gasteiger partial charge in [-0.05, 0) is 41.3 Å². The summed E-state index contributed by atoms with van der Waals surface area (Å²) >= 11 is 0. The molecule has 2 heterocycles. The van der Waals surface area contributed by atoms with Crippen molar-refractivity contribution in [2.75, 3.05) is 20.2 Å². The number of hydrogen-bond donors (Lipinski definition) is 0. The van der Waals surface area contributed by atoms with E-state index in [0.29, 0.717) is 55.3 Å². The van der Waals surface area contributed by atoms with E-state index in [4.69, 9.17) is 9.47 Å². The van der Waals surface area contributed by atoms with Crippen molar-refractivity contribution < 1.29 is 19.1 Å². The Labute approximate surface area is 183 Å². The van der Waals surface area contributed by atoms with Crippen LogP contribution in [0.3, 0.4) is 0 Å². The Morgan fingerprint density at radius 1 is 1.13 bits per heavy atom. The van der Waals surface area contributed by atoms with Crippen LogP contribution in [0.2, 0.25) is 0 Å². The normalized spacial score (nSPS) is 17.7. The number of methoxy groups -OCH3 is 1. The van der Waals surface area contributed by atoms with E-state index < -0.39 is 5.60 Å². The van der Waals surface area contributed by atoms with Crippen molar-refractivity contribution in [3.8, 4) is 11.5 Å². The molecule has 1 fully saturated rings. The van der Waals surface area contributed by atoms with Crippen LogP contribution in [0.4, 0.5) is 0 Å². The van der Waals surface area contributed by atoms with Gasteiger partial charge >= 0.3 is 0 Å². The molecule has 0 N–H and O–H groups in total. The summed E-state index contributed by atoms with van der Waals surface area (Å²) < 4.78 is 11.5. The lowest BCUT2D eigenvalue weighted by Gasteiger charge is -2.43. The molecule has 0 bridgehead atoms. The lowest BCUT2D eigenvalue weighted by atomic mass is 9.82. The first kappa shape index (κ1) is 21.2. The minimum Gasteiger partial charge on any atom is -0.497 e. The molecule has 2 aromatic rings. The van der Waals surface area contributed by atoms with Crippen molar-refractivity contribution in [1.82, 2.24) is 4.90 Å². The molecule has 2 aliphatic rings. The third kappa shape index (κ3) is 4.50. The standard InChI is InChI=1S/C26H29NO4/c1-18(2)20-7-4-19(5-8-20)6-11-25(29)27-14-12-26(13-15-27)17-23(28)22-16-21(30-3)9-10-24(22)31-26/h4-11,16,18H,12-15,17H2,1-3H3/b11-6+. The lowest BCUT2D eigenvalue weighted by Crippen LogP contribution is -2.52. The van der Waals surface area contributed by atoms with Gasteiger partial charge in [0.05, 0.1) is 19.1 Å². The fourth-order valence-corrected chi connectivity index (χ4v) is 4.28. The molecule has 1 spiro atoms. The van der Waals surface area contributed by atoms with Crippen molar-refractivity contribution in [3.05, 3.63) is 65.2 Å². The number of ketones is 1. The number of Topliss-reactive ketones (excluding diaryl/α,β-unsaturated/α-hetero) is 1. The summed E-state index contributed by atoms with van der Waals surface area (Å²) in [5.41, 5.74) is 2.35. The largest absolute Gasteiger partial charge is 0.497 e.